The van der Waals surface area contributed by atoms with E-state index in [1.54, 1.807) is 0 Å². The third-order valence-electron chi connectivity index (χ3n) is 3.46. The molecule has 1 heterocycles. The zero-order valence-electron chi connectivity index (χ0n) is 9.94. The summed E-state index contributed by atoms with van der Waals surface area (Å²) in [6.45, 7) is 7.28. The van der Waals surface area contributed by atoms with Crippen LogP contribution in [0.25, 0.3) is 0 Å². The third kappa shape index (κ3) is 3.47. The highest BCUT2D eigenvalue weighted by molar-refractivity contribution is 5.67. The maximum Gasteiger partial charge on any atom is 0.304 e. The Kier molecular flexibility index (Phi) is 4.54. The van der Waals surface area contributed by atoms with E-state index >= 15 is 0 Å². The van der Waals surface area contributed by atoms with Crippen LogP contribution >= 0.6 is 0 Å². The first-order valence-electron chi connectivity index (χ1n) is 5.70. The number of carboxylic acid groups (broad SMARTS) is 1. The van der Waals surface area contributed by atoms with Gasteiger partial charge in [0.15, 0.2) is 0 Å². The summed E-state index contributed by atoms with van der Waals surface area (Å²) in [6.07, 6.45) is 1.37. The number of aliphatic carboxylic acids is 1. The summed E-state index contributed by atoms with van der Waals surface area (Å²) in [4.78, 5) is 15.3. The van der Waals surface area contributed by atoms with Crippen molar-refractivity contribution >= 4 is 5.97 Å². The zero-order valence-corrected chi connectivity index (χ0v) is 9.94. The summed E-state index contributed by atoms with van der Waals surface area (Å²) in [7, 11) is 2.04. The van der Waals surface area contributed by atoms with Crippen LogP contribution in [0.1, 0.15) is 26.7 Å². The average Bonchev–Trinajstić information content (AvgIpc) is 2.31. The zero-order chi connectivity index (χ0) is 11.4. The number of hydrogen-bond donors (Lipinski definition) is 1. The van der Waals surface area contributed by atoms with E-state index in [1.165, 1.54) is 0 Å². The molecule has 4 heteroatoms. The van der Waals surface area contributed by atoms with Crippen molar-refractivity contribution < 1.29 is 9.90 Å². The van der Waals surface area contributed by atoms with Gasteiger partial charge in [-0.3, -0.25) is 9.69 Å². The van der Waals surface area contributed by atoms with Crippen LogP contribution in [0.2, 0.25) is 0 Å². The third-order valence-corrected chi connectivity index (χ3v) is 3.46. The van der Waals surface area contributed by atoms with Crippen molar-refractivity contribution in [2.24, 2.45) is 0 Å². The van der Waals surface area contributed by atoms with Crippen molar-refractivity contribution in [2.75, 3.05) is 26.7 Å². The Morgan fingerprint density at radius 3 is 2.73 bits per heavy atom. The fourth-order valence-electron chi connectivity index (χ4n) is 2.15. The molecule has 0 aromatic carbocycles. The molecule has 15 heavy (non-hydrogen) atoms. The molecule has 1 rings (SSSR count). The number of likely N-dealkylation sites (N-methyl/N-ethyl adjacent to an activating group) is 2. The highest BCUT2D eigenvalue weighted by Gasteiger charge is 2.27. The molecule has 2 atom stereocenters. The van der Waals surface area contributed by atoms with Crippen molar-refractivity contribution in [1.82, 2.24) is 9.80 Å². The van der Waals surface area contributed by atoms with Crippen LogP contribution in [0.5, 0.6) is 0 Å². The molecule has 88 valence electrons. The van der Waals surface area contributed by atoms with Gasteiger partial charge in [-0.15, -0.1) is 0 Å². The van der Waals surface area contributed by atoms with Crippen molar-refractivity contribution in [3.8, 4) is 0 Å². The van der Waals surface area contributed by atoms with Crippen LogP contribution in [0.15, 0.2) is 0 Å². The van der Waals surface area contributed by atoms with Crippen LogP contribution in [-0.4, -0.2) is 59.6 Å². The summed E-state index contributed by atoms with van der Waals surface area (Å²) in [5.41, 5.74) is 0. The standard InChI is InChI=1S/C11H22N2O2/c1-4-13-6-5-9(2)12(3)10(8-13)7-11(14)15/h9-10H,4-8H2,1-3H3,(H,14,15). The molecule has 1 aliphatic heterocycles. The highest BCUT2D eigenvalue weighted by atomic mass is 16.4. The van der Waals surface area contributed by atoms with E-state index in [4.69, 9.17) is 5.11 Å². The van der Waals surface area contributed by atoms with Gasteiger partial charge in [0.1, 0.15) is 0 Å². The molecule has 0 saturated carbocycles. The first-order valence-corrected chi connectivity index (χ1v) is 5.70. The molecular formula is C11H22N2O2. The minimum atomic E-state index is -0.697. The summed E-state index contributed by atoms with van der Waals surface area (Å²) < 4.78 is 0. The molecule has 1 fully saturated rings. The van der Waals surface area contributed by atoms with Crippen LogP contribution in [0.4, 0.5) is 0 Å². The van der Waals surface area contributed by atoms with E-state index in [9.17, 15) is 4.79 Å². The minimum Gasteiger partial charge on any atom is -0.481 e. The molecule has 4 nitrogen and oxygen atoms in total. The van der Waals surface area contributed by atoms with E-state index in [-0.39, 0.29) is 12.5 Å². The summed E-state index contributed by atoms with van der Waals surface area (Å²) in [5.74, 6) is -0.697. The topological polar surface area (TPSA) is 43.8 Å². The summed E-state index contributed by atoms with van der Waals surface area (Å²) in [5, 5.41) is 8.88. The van der Waals surface area contributed by atoms with Crippen LogP contribution in [0.3, 0.4) is 0 Å². The number of nitrogens with zero attached hydrogens (tertiary/aromatic N) is 2. The molecule has 0 aliphatic carbocycles. The fraction of sp³-hybridized carbons (Fsp3) is 0.909. The predicted molar refractivity (Wildman–Crippen MR) is 60.0 cm³/mol. The number of rotatable bonds is 3. The van der Waals surface area contributed by atoms with Crippen LogP contribution in [-0.2, 0) is 4.79 Å². The van der Waals surface area contributed by atoms with Gasteiger partial charge in [-0.05, 0) is 33.5 Å². The lowest BCUT2D eigenvalue weighted by atomic mass is 10.1. The van der Waals surface area contributed by atoms with Crippen molar-refractivity contribution in [2.45, 2.75) is 38.8 Å². The second kappa shape index (κ2) is 5.47. The fourth-order valence-corrected chi connectivity index (χ4v) is 2.15. The Balaban J connectivity index is 2.65. The molecule has 0 aromatic rings. The van der Waals surface area contributed by atoms with Gasteiger partial charge in [0, 0.05) is 18.6 Å². The highest BCUT2D eigenvalue weighted by Crippen LogP contribution is 2.16. The normalized spacial score (nSPS) is 30.1. The molecule has 0 radical (unpaired) electrons. The van der Waals surface area contributed by atoms with Crippen molar-refractivity contribution in [3.05, 3.63) is 0 Å². The van der Waals surface area contributed by atoms with E-state index in [0.717, 1.165) is 26.1 Å². The molecule has 0 bridgehead atoms. The molecule has 1 saturated heterocycles. The van der Waals surface area contributed by atoms with E-state index in [0.29, 0.717) is 6.04 Å². The lowest BCUT2D eigenvalue weighted by molar-refractivity contribution is -0.138. The first-order chi connectivity index (χ1) is 7.04. The molecule has 1 aliphatic rings. The molecular weight excluding hydrogens is 192 g/mol. The second-order valence-electron chi connectivity index (χ2n) is 4.45. The molecule has 2 unspecified atom stereocenters. The summed E-state index contributed by atoms with van der Waals surface area (Å²) >= 11 is 0. The predicted octanol–water partition coefficient (Wildman–Crippen LogP) is 0.876. The summed E-state index contributed by atoms with van der Waals surface area (Å²) in [6, 6.07) is 0.630. The average molecular weight is 214 g/mol. The lowest BCUT2D eigenvalue weighted by Gasteiger charge is -2.30. The van der Waals surface area contributed by atoms with Gasteiger partial charge >= 0.3 is 5.97 Å². The Hall–Kier alpha value is -0.610. The van der Waals surface area contributed by atoms with Crippen LogP contribution < -0.4 is 0 Å². The van der Waals surface area contributed by atoms with E-state index < -0.39 is 5.97 Å². The number of hydrogen-bond acceptors (Lipinski definition) is 3. The van der Waals surface area contributed by atoms with Gasteiger partial charge in [0.2, 0.25) is 0 Å². The Morgan fingerprint density at radius 1 is 1.53 bits per heavy atom. The van der Waals surface area contributed by atoms with Gasteiger partial charge in [-0.1, -0.05) is 6.92 Å². The maximum absolute atomic E-state index is 10.8. The largest absolute Gasteiger partial charge is 0.481 e. The number of carboxylic acids is 1. The quantitative estimate of drug-likeness (QED) is 0.757. The second-order valence-corrected chi connectivity index (χ2v) is 4.45. The molecule has 0 spiro atoms. The minimum absolute atomic E-state index is 0.153. The molecule has 0 amide bonds. The first kappa shape index (κ1) is 12.5. The Morgan fingerprint density at radius 2 is 2.20 bits per heavy atom. The van der Waals surface area contributed by atoms with Gasteiger partial charge in [-0.2, -0.15) is 0 Å². The van der Waals surface area contributed by atoms with E-state index in [2.05, 4.69) is 23.6 Å². The Labute approximate surface area is 91.9 Å². The van der Waals surface area contributed by atoms with Crippen molar-refractivity contribution in [3.63, 3.8) is 0 Å². The monoisotopic (exact) mass is 214 g/mol. The van der Waals surface area contributed by atoms with Gasteiger partial charge in [-0.25, -0.2) is 0 Å². The number of carbonyl (C=O) groups is 1. The van der Waals surface area contributed by atoms with Crippen LogP contribution in [0, 0.1) is 0 Å². The lowest BCUT2D eigenvalue weighted by Crippen LogP contribution is -2.42. The smallest absolute Gasteiger partial charge is 0.304 e. The van der Waals surface area contributed by atoms with Gasteiger partial charge in [0.25, 0.3) is 0 Å². The van der Waals surface area contributed by atoms with E-state index in [1.807, 2.05) is 7.05 Å². The SMILES string of the molecule is CCN1CCC(C)N(C)C(CC(=O)O)C1. The van der Waals surface area contributed by atoms with Crippen molar-refractivity contribution in [1.29, 1.82) is 0 Å². The molecule has 1 N–H and O–H groups in total. The van der Waals surface area contributed by atoms with Gasteiger partial charge < -0.3 is 10.0 Å². The maximum atomic E-state index is 10.8. The van der Waals surface area contributed by atoms with Gasteiger partial charge in [0.05, 0.1) is 6.42 Å². The molecule has 0 aromatic heterocycles. The Bertz CT molecular complexity index is 221.